The fraction of sp³-hybridized carbons (Fsp3) is 0.625. The first-order valence-electron chi connectivity index (χ1n) is 3.69. The van der Waals surface area contributed by atoms with Gasteiger partial charge in [0, 0.05) is 13.0 Å². The standard InChI is InChI=1S/C8H12N2/c9-5-1-2-8-3-6-10-7-4-8/h3,10H,1-2,4,6-7H2. The minimum Gasteiger partial charge on any atom is -0.313 e. The molecule has 0 aromatic heterocycles. The van der Waals surface area contributed by atoms with Gasteiger partial charge in [0.15, 0.2) is 0 Å². The molecule has 1 rings (SSSR count). The first-order valence-corrected chi connectivity index (χ1v) is 3.69. The van der Waals surface area contributed by atoms with Crippen LogP contribution in [0.25, 0.3) is 0 Å². The van der Waals surface area contributed by atoms with Crippen LogP contribution in [0.4, 0.5) is 0 Å². The lowest BCUT2D eigenvalue weighted by Crippen LogP contribution is -2.20. The van der Waals surface area contributed by atoms with E-state index >= 15 is 0 Å². The average molecular weight is 136 g/mol. The van der Waals surface area contributed by atoms with Gasteiger partial charge in [-0.1, -0.05) is 11.6 Å². The van der Waals surface area contributed by atoms with Crippen LogP contribution in [0, 0.1) is 11.3 Å². The maximum Gasteiger partial charge on any atom is 0.0625 e. The van der Waals surface area contributed by atoms with Crippen molar-refractivity contribution in [2.45, 2.75) is 19.3 Å². The summed E-state index contributed by atoms with van der Waals surface area (Å²) in [5.74, 6) is 0. The van der Waals surface area contributed by atoms with E-state index in [2.05, 4.69) is 17.5 Å². The molecule has 54 valence electrons. The second-order valence-corrected chi connectivity index (χ2v) is 2.47. The van der Waals surface area contributed by atoms with Gasteiger partial charge in [0.1, 0.15) is 0 Å². The van der Waals surface area contributed by atoms with E-state index in [1.54, 1.807) is 0 Å². The van der Waals surface area contributed by atoms with Crippen molar-refractivity contribution >= 4 is 0 Å². The zero-order valence-electron chi connectivity index (χ0n) is 6.06. The molecule has 0 bridgehead atoms. The van der Waals surface area contributed by atoms with Gasteiger partial charge < -0.3 is 5.32 Å². The van der Waals surface area contributed by atoms with Crippen LogP contribution in [-0.2, 0) is 0 Å². The Bertz CT molecular complexity index is 165. The molecule has 0 atom stereocenters. The average Bonchev–Trinajstić information content (AvgIpc) is 2.03. The van der Waals surface area contributed by atoms with Gasteiger partial charge in [-0.2, -0.15) is 5.26 Å². The van der Waals surface area contributed by atoms with Gasteiger partial charge in [-0.15, -0.1) is 0 Å². The highest BCUT2D eigenvalue weighted by Crippen LogP contribution is 2.10. The van der Waals surface area contributed by atoms with Crippen LogP contribution in [0.3, 0.4) is 0 Å². The van der Waals surface area contributed by atoms with E-state index in [1.165, 1.54) is 5.57 Å². The molecule has 2 nitrogen and oxygen atoms in total. The first kappa shape index (κ1) is 7.30. The SMILES string of the molecule is N#CCCC1=CCNCC1. The number of nitriles is 1. The minimum absolute atomic E-state index is 0.672. The van der Waals surface area contributed by atoms with E-state index in [1.807, 2.05) is 0 Å². The lowest BCUT2D eigenvalue weighted by molar-refractivity contribution is 0.681. The normalized spacial score (nSPS) is 17.7. The molecular formula is C8H12N2. The predicted molar refractivity (Wildman–Crippen MR) is 40.4 cm³/mol. The molecule has 0 radical (unpaired) electrons. The van der Waals surface area contributed by atoms with Crippen molar-refractivity contribution in [2.24, 2.45) is 0 Å². The molecule has 0 saturated heterocycles. The predicted octanol–water partition coefficient (Wildman–Crippen LogP) is 1.21. The number of nitrogens with zero attached hydrogens (tertiary/aromatic N) is 1. The summed E-state index contributed by atoms with van der Waals surface area (Å²) in [5, 5.41) is 11.5. The molecule has 0 saturated carbocycles. The van der Waals surface area contributed by atoms with Crippen LogP contribution in [0.1, 0.15) is 19.3 Å². The molecule has 0 aromatic carbocycles. The molecule has 10 heavy (non-hydrogen) atoms. The van der Waals surface area contributed by atoms with Crippen molar-refractivity contribution in [1.82, 2.24) is 5.32 Å². The Balaban J connectivity index is 2.26. The second-order valence-electron chi connectivity index (χ2n) is 2.47. The van der Waals surface area contributed by atoms with Crippen molar-refractivity contribution in [3.63, 3.8) is 0 Å². The van der Waals surface area contributed by atoms with Crippen LogP contribution < -0.4 is 5.32 Å². The monoisotopic (exact) mass is 136 g/mol. The third-order valence-electron chi connectivity index (χ3n) is 1.72. The molecule has 0 unspecified atom stereocenters. The second kappa shape index (κ2) is 4.08. The van der Waals surface area contributed by atoms with Gasteiger partial charge in [-0.05, 0) is 19.4 Å². The molecule has 2 heteroatoms. The van der Waals surface area contributed by atoms with E-state index in [4.69, 9.17) is 5.26 Å². The first-order chi connectivity index (χ1) is 4.93. The fourth-order valence-corrected chi connectivity index (χ4v) is 1.11. The summed E-state index contributed by atoms with van der Waals surface area (Å²) in [4.78, 5) is 0. The topological polar surface area (TPSA) is 35.8 Å². The van der Waals surface area contributed by atoms with Crippen molar-refractivity contribution in [3.05, 3.63) is 11.6 Å². The summed E-state index contributed by atoms with van der Waals surface area (Å²) in [6, 6.07) is 2.15. The maximum atomic E-state index is 8.30. The van der Waals surface area contributed by atoms with E-state index in [-0.39, 0.29) is 0 Å². The molecule has 1 heterocycles. The Labute approximate surface area is 61.5 Å². The Morgan fingerprint density at radius 1 is 1.70 bits per heavy atom. The number of hydrogen-bond donors (Lipinski definition) is 1. The van der Waals surface area contributed by atoms with Gasteiger partial charge >= 0.3 is 0 Å². The van der Waals surface area contributed by atoms with Gasteiger partial charge in [0.05, 0.1) is 6.07 Å². The molecule has 1 aliphatic heterocycles. The quantitative estimate of drug-likeness (QED) is 0.579. The van der Waals surface area contributed by atoms with E-state index in [9.17, 15) is 0 Å². The molecule has 0 fully saturated rings. The molecular weight excluding hydrogens is 124 g/mol. The third-order valence-corrected chi connectivity index (χ3v) is 1.72. The number of rotatable bonds is 2. The van der Waals surface area contributed by atoms with Crippen LogP contribution in [0.5, 0.6) is 0 Å². The Kier molecular flexibility index (Phi) is 2.98. The van der Waals surface area contributed by atoms with E-state index in [0.29, 0.717) is 6.42 Å². The molecule has 0 aromatic rings. The van der Waals surface area contributed by atoms with Crippen LogP contribution in [0.2, 0.25) is 0 Å². The highest BCUT2D eigenvalue weighted by atomic mass is 14.8. The summed E-state index contributed by atoms with van der Waals surface area (Å²) in [5.41, 5.74) is 1.44. The van der Waals surface area contributed by atoms with Crippen molar-refractivity contribution < 1.29 is 0 Å². The summed E-state index contributed by atoms with van der Waals surface area (Å²) in [6.45, 7) is 2.07. The molecule has 1 N–H and O–H groups in total. The van der Waals surface area contributed by atoms with E-state index in [0.717, 1.165) is 25.9 Å². The molecule has 0 amide bonds. The number of hydrogen-bond acceptors (Lipinski definition) is 2. The smallest absolute Gasteiger partial charge is 0.0625 e. The van der Waals surface area contributed by atoms with Crippen LogP contribution >= 0.6 is 0 Å². The van der Waals surface area contributed by atoms with Crippen molar-refractivity contribution in [3.8, 4) is 6.07 Å². The van der Waals surface area contributed by atoms with Gasteiger partial charge in [0.25, 0.3) is 0 Å². The molecule has 0 aliphatic carbocycles. The van der Waals surface area contributed by atoms with Gasteiger partial charge in [-0.3, -0.25) is 0 Å². The molecule has 1 aliphatic rings. The maximum absolute atomic E-state index is 8.30. The summed E-state index contributed by atoms with van der Waals surface area (Å²) in [7, 11) is 0. The zero-order chi connectivity index (χ0) is 7.23. The Morgan fingerprint density at radius 2 is 2.60 bits per heavy atom. The van der Waals surface area contributed by atoms with Crippen molar-refractivity contribution in [1.29, 1.82) is 5.26 Å². The number of nitrogens with one attached hydrogen (secondary N) is 1. The zero-order valence-corrected chi connectivity index (χ0v) is 6.06. The summed E-state index contributed by atoms with van der Waals surface area (Å²) >= 11 is 0. The summed E-state index contributed by atoms with van der Waals surface area (Å²) < 4.78 is 0. The lowest BCUT2D eigenvalue weighted by atomic mass is 10.0. The fourth-order valence-electron chi connectivity index (χ4n) is 1.11. The third kappa shape index (κ3) is 2.20. The largest absolute Gasteiger partial charge is 0.313 e. The Morgan fingerprint density at radius 3 is 3.20 bits per heavy atom. The lowest BCUT2D eigenvalue weighted by Gasteiger charge is -2.11. The van der Waals surface area contributed by atoms with Crippen LogP contribution in [-0.4, -0.2) is 13.1 Å². The van der Waals surface area contributed by atoms with Crippen molar-refractivity contribution in [2.75, 3.05) is 13.1 Å². The minimum atomic E-state index is 0.672. The van der Waals surface area contributed by atoms with E-state index < -0.39 is 0 Å². The molecule has 0 spiro atoms. The highest BCUT2D eigenvalue weighted by Gasteiger charge is 2.00. The van der Waals surface area contributed by atoms with Gasteiger partial charge in [-0.25, -0.2) is 0 Å². The van der Waals surface area contributed by atoms with Gasteiger partial charge in [0.2, 0.25) is 0 Å². The van der Waals surface area contributed by atoms with Crippen LogP contribution in [0.15, 0.2) is 11.6 Å². The Hall–Kier alpha value is -0.810. The summed E-state index contributed by atoms with van der Waals surface area (Å²) in [6.07, 6.45) is 4.96. The highest BCUT2D eigenvalue weighted by molar-refractivity contribution is 5.07.